The van der Waals surface area contributed by atoms with Crippen LogP contribution in [0.4, 0.5) is 0 Å². The molecule has 1 aliphatic heterocycles. The highest BCUT2D eigenvalue weighted by Gasteiger charge is 2.26. The molecule has 1 N–H and O–H groups in total. The summed E-state index contributed by atoms with van der Waals surface area (Å²) in [6.07, 6.45) is 8.66. The SMILES string of the molecule is CC(C)CN1CCCNC(C2CCCCC2)C1. The van der Waals surface area contributed by atoms with Crippen LogP contribution in [0.2, 0.25) is 0 Å². The molecule has 1 unspecified atom stereocenters. The van der Waals surface area contributed by atoms with Crippen LogP contribution in [0.3, 0.4) is 0 Å². The molecule has 0 aromatic rings. The van der Waals surface area contributed by atoms with Crippen LogP contribution in [-0.2, 0) is 0 Å². The van der Waals surface area contributed by atoms with E-state index in [1.54, 1.807) is 0 Å². The molecular weight excluding hydrogens is 208 g/mol. The minimum atomic E-state index is 0.775. The molecule has 2 aliphatic rings. The highest BCUT2D eigenvalue weighted by molar-refractivity contribution is 4.84. The lowest BCUT2D eigenvalue weighted by atomic mass is 9.83. The van der Waals surface area contributed by atoms with Crippen molar-refractivity contribution in [2.75, 3.05) is 26.2 Å². The van der Waals surface area contributed by atoms with Gasteiger partial charge in [-0.1, -0.05) is 33.1 Å². The third-order valence-corrected chi connectivity index (χ3v) is 4.35. The van der Waals surface area contributed by atoms with Crippen LogP contribution in [0.5, 0.6) is 0 Å². The average molecular weight is 238 g/mol. The quantitative estimate of drug-likeness (QED) is 0.813. The molecule has 0 spiro atoms. The molecule has 100 valence electrons. The van der Waals surface area contributed by atoms with Crippen molar-refractivity contribution < 1.29 is 0 Å². The first-order chi connectivity index (χ1) is 8.25. The van der Waals surface area contributed by atoms with E-state index in [4.69, 9.17) is 0 Å². The molecule has 17 heavy (non-hydrogen) atoms. The Bertz CT molecular complexity index is 209. The van der Waals surface area contributed by atoms with Gasteiger partial charge in [0.2, 0.25) is 0 Å². The Hall–Kier alpha value is -0.0800. The van der Waals surface area contributed by atoms with Crippen molar-refractivity contribution in [1.82, 2.24) is 10.2 Å². The maximum absolute atomic E-state index is 3.81. The average Bonchev–Trinajstić information content (AvgIpc) is 2.55. The molecule has 0 radical (unpaired) electrons. The monoisotopic (exact) mass is 238 g/mol. The summed E-state index contributed by atoms with van der Waals surface area (Å²) in [5.74, 6) is 1.76. The van der Waals surface area contributed by atoms with E-state index in [-0.39, 0.29) is 0 Å². The standard InChI is InChI=1S/C15H30N2/c1-13(2)11-17-10-6-9-16-15(12-17)14-7-4-3-5-8-14/h13-16H,3-12H2,1-2H3. The van der Waals surface area contributed by atoms with Crippen molar-refractivity contribution in [2.45, 2.75) is 58.4 Å². The summed E-state index contributed by atoms with van der Waals surface area (Å²) in [7, 11) is 0. The predicted molar refractivity (Wildman–Crippen MR) is 74.3 cm³/mol. The smallest absolute Gasteiger partial charge is 0.0223 e. The van der Waals surface area contributed by atoms with Gasteiger partial charge in [0.05, 0.1) is 0 Å². The molecule has 1 saturated heterocycles. The second-order valence-corrected chi connectivity index (χ2v) is 6.47. The molecule has 0 aromatic heterocycles. The zero-order valence-corrected chi connectivity index (χ0v) is 11.8. The van der Waals surface area contributed by atoms with E-state index >= 15 is 0 Å². The van der Waals surface area contributed by atoms with Gasteiger partial charge in [-0.25, -0.2) is 0 Å². The Morgan fingerprint density at radius 2 is 1.88 bits per heavy atom. The molecule has 2 nitrogen and oxygen atoms in total. The second kappa shape index (κ2) is 6.75. The highest BCUT2D eigenvalue weighted by Crippen LogP contribution is 2.27. The molecule has 1 aliphatic carbocycles. The van der Waals surface area contributed by atoms with Crippen LogP contribution < -0.4 is 5.32 Å². The maximum Gasteiger partial charge on any atom is 0.0223 e. The minimum Gasteiger partial charge on any atom is -0.312 e. The molecular formula is C15H30N2. The molecule has 2 rings (SSSR count). The number of rotatable bonds is 3. The van der Waals surface area contributed by atoms with Crippen LogP contribution in [0.1, 0.15) is 52.4 Å². The zero-order chi connectivity index (χ0) is 12.1. The van der Waals surface area contributed by atoms with Crippen molar-refractivity contribution in [2.24, 2.45) is 11.8 Å². The van der Waals surface area contributed by atoms with Crippen molar-refractivity contribution in [3.63, 3.8) is 0 Å². The van der Waals surface area contributed by atoms with Gasteiger partial charge in [0.1, 0.15) is 0 Å². The number of nitrogens with one attached hydrogen (secondary N) is 1. The Labute approximate surface area is 107 Å². The fourth-order valence-electron chi connectivity index (χ4n) is 3.56. The van der Waals surface area contributed by atoms with Crippen molar-refractivity contribution in [1.29, 1.82) is 0 Å². The Morgan fingerprint density at radius 1 is 1.12 bits per heavy atom. The van der Waals surface area contributed by atoms with Crippen LogP contribution >= 0.6 is 0 Å². The van der Waals surface area contributed by atoms with Crippen LogP contribution in [-0.4, -0.2) is 37.1 Å². The van der Waals surface area contributed by atoms with E-state index in [0.717, 1.165) is 17.9 Å². The summed E-state index contributed by atoms with van der Waals surface area (Å²) in [5, 5.41) is 3.81. The summed E-state index contributed by atoms with van der Waals surface area (Å²) in [5.41, 5.74) is 0. The zero-order valence-electron chi connectivity index (χ0n) is 11.8. The first-order valence-corrected chi connectivity index (χ1v) is 7.71. The molecule has 2 fully saturated rings. The summed E-state index contributed by atoms with van der Waals surface area (Å²) in [6, 6.07) is 0.775. The molecule has 1 saturated carbocycles. The van der Waals surface area contributed by atoms with E-state index in [9.17, 15) is 0 Å². The Morgan fingerprint density at radius 3 is 2.59 bits per heavy atom. The van der Waals surface area contributed by atoms with E-state index in [2.05, 4.69) is 24.1 Å². The largest absolute Gasteiger partial charge is 0.312 e. The van der Waals surface area contributed by atoms with Crippen molar-refractivity contribution in [3.8, 4) is 0 Å². The first kappa shape index (κ1) is 13.4. The van der Waals surface area contributed by atoms with Gasteiger partial charge in [-0.15, -0.1) is 0 Å². The minimum absolute atomic E-state index is 0.775. The maximum atomic E-state index is 3.81. The van der Waals surface area contributed by atoms with Gasteiger partial charge in [0.15, 0.2) is 0 Å². The van der Waals surface area contributed by atoms with Gasteiger partial charge in [0.25, 0.3) is 0 Å². The van der Waals surface area contributed by atoms with Gasteiger partial charge < -0.3 is 10.2 Å². The molecule has 0 bridgehead atoms. The van der Waals surface area contributed by atoms with Gasteiger partial charge >= 0.3 is 0 Å². The van der Waals surface area contributed by atoms with Gasteiger partial charge in [-0.3, -0.25) is 0 Å². The van der Waals surface area contributed by atoms with Crippen LogP contribution in [0, 0.1) is 11.8 Å². The summed E-state index contributed by atoms with van der Waals surface area (Å²) >= 11 is 0. The lowest BCUT2D eigenvalue weighted by Crippen LogP contribution is -2.44. The van der Waals surface area contributed by atoms with Gasteiger partial charge in [-0.05, 0) is 44.2 Å². The lowest BCUT2D eigenvalue weighted by Gasteiger charge is -2.33. The predicted octanol–water partition coefficient (Wildman–Crippen LogP) is 2.89. The van der Waals surface area contributed by atoms with E-state index in [1.165, 1.54) is 64.7 Å². The first-order valence-electron chi connectivity index (χ1n) is 7.71. The van der Waals surface area contributed by atoms with E-state index < -0.39 is 0 Å². The van der Waals surface area contributed by atoms with Crippen molar-refractivity contribution >= 4 is 0 Å². The molecule has 0 aromatic carbocycles. The number of hydrogen-bond donors (Lipinski definition) is 1. The van der Waals surface area contributed by atoms with E-state index in [0.29, 0.717) is 0 Å². The van der Waals surface area contributed by atoms with Crippen LogP contribution in [0.15, 0.2) is 0 Å². The van der Waals surface area contributed by atoms with Gasteiger partial charge in [0, 0.05) is 19.1 Å². The molecule has 0 amide bonds. The molecule has 2 heteroatoms. The number of hydrogen-bond acceptors (Lipinski definition) is 2. The lowest BCUT2D eigenvalue weighted by molar-refractivity contribution is 0.193. The molecule has 1 heterocycles. The third-order valence-electron chi connectivity index (χ3n) is 4.35. The third kappa shape index (κ3) is 4.26. The Balaban J connectivity index is 1.86. The topological polar surface area (TPSA) is 15.3 Å². The second-order valence-electron chi connectivity index (χ2n) is 6.47. The highest BCUT2D eigenvalue weighted by atomic mass is 15.2. The number of nitrogens with zero attached hydrogens (tertiary/aromatic N) is 1. The fraction of sp³-hybridized carbons (Fsp3) is 1.00. The summed E-state index contributed by atoms with van der Waals surface area (Å²) < 4.78 is 0. The van der Waals surface area contributed by atoms with Crippen molar-refractivity contribution in [3.05, 3.63) is 0 Å². The normalized spacial score (nSPS) is 29.5. The van der Waals surface area contributed by atoms with E-state index in [1.807, 2.05) is 0 Å². The molecule has 1 atom stereocenters. The summed E-state index contributed by atoms with van der Waals surface area (Å²) in [6.45, 7) is 9.79. The van der Waals surface area contributed by atoms with Gasteiger partial charge in [-0.2, -0.15) is 0 Å². The Kier molecular flexibility index (Phi) is 5.30. The fourth-order valence-corrected chi connectivity index (χ4v) is 3.56. The summed E-state index contributed by atoms with van der Waals surface area (Å²) in [4.78, 5) is 2.70. The van der Waals surface area contributed by atoms with Crippen LogP contribution in [0.25, 0.3) is 0 Å².